The fraction of sp³-hybridized carbons (Fsp3) is 0. The van der Waals surface area contributed by atoms with Crippen molar-refractivity contribution in [2.45, 2.75) is 9.79 Å². The lowest BCUT2D eigenvalue weighted by molar-refractivity contribution is -0.131. The van der Waals surface area contributed by atoms with E-state index < -0.39 is 30.0 Å². The minimum absolute atomic E-state index is 0.604. The Bertz CT molecular complexity index is 523. The molecule has 0 radical (unpaired) electrons. The zero-order valence-electron chi connectivity index (χ0n) is 7.47. The van der Waals surface area contributed by atoms with Gasteiger partial charge in [0.1, 0.15) is 0 Å². The van der Waals surface area contributed by atoms with E-state index in [2.05, 4.69) is 8.67 Å². The van der Waals surface area contributed by atoms with Crippen molar-refractivity contribution in [3.63, 3.8) is 0 Å². The molecule has 0 aliphatic carbocycles. The van der Waals surface area contributed by atoms with Crippen molar-refractivity contribution < 1.29 is 36.0 Å². The molecule has 0 amide bonds. The molecule has 0 bridgehead atoms. The van der Waals surface area contributed by atoms with E-state index in [0.717, 1.165) is 18.2 Å². The predicted molar refractivity (Wildman–Crippen MR) is 48.2 cm³/mol. The van der Waals surface area contributed by atoms with Gasteiger partial charge in [-0.25, -0.2) is 10.5 Å². The van der Waals surface area contributed by atoms with Gasteiger partial charge in [0.25, 0.3) is 0 Å². The van der Waals surface area contributed by atoms with Crippen LogP contribution in [0.15, 0.2) is 34.1 Å². The highest BCUT2D eigenvalue weighted by molar-refractivity contribution is 7.87. The van der Waals surface area contributed by atoms with Gasteiger partial charge >= 0.3 is 20.2 Å². The second kappa shape index (κ2) is 4.45. The summed E-state index contributed by atoms with van der Waals surface area (Å²) in [4.78, 5) is -1.21. The average Bonchev–Trinajstić information content (AvgIpc) is 2.29. The Morgan fingerprint density at radius 2 is 1.25 bits per heavy atom. The van der Waals surface area contributed by atoms with Crippen molar-refractivity contribution in [1.82, 2.24) is 0 Å². The van der Waals surface area contributed by atoms with E-state index in [4.69, 9.17) is 10.5 Å². The molecular formula is C6H6O8S2. The van der Waals surface area contributed by atoms with Gasteiger partial charge in [-0.15, -0.1) is 8.67 Å². The first-order valence-corrected chi connectivity index (χ1v) is 6.41. The molecule has 0 aromatic heterocycles. The van der Waals surface area contributed by atoms with E-state index in [0.29, 0.717) is 6.07 Å². The molecule has 0 heterocycles. The highest BCUT2D eigenvalue weighted by Crippen LogP contribution is 2.18. The van der Waals surface area contributed by atoms with Gasteiger partial charge in [0.15, 0.2) is 0 Å². The van der Waals surface area contributed by atoms with Crippen LogP contribution in [0.25, 0.3) is 0 Å². The summed E-state index contributed by atoms with van der Waals surface area (Å²) in [6, 6.07) is 3.69. The highest BCUT2D eigenvalue weighted by atomic mass is 32.2. The van der Waals surface area contributed by atoms with Crippen molar-refractivity contribution in [2.75, 3.05) is 0 Å². The van der Waals surface area contributed by atoms with Crippen molar-refractivity contribution >= 4 is 20.2 Å². The quantitative estimate of drug-likeness (QED) is 0.580. The predicted octanol–water partition coefficient (Wildman–Crippen LogP) is 0.0432. The fourth-order valence-electron chi connectivity index (χ4n) is 0.871. The monoisotopic (exact) mass is 270 g/mol. The van der Waals surface area contributed by atoms with Crippen LogP contribution in [0.1, 0.15) is 0 Å². The minimum Gasteiger partial charge on any atom is -0.235 e. The summed E-state index contributed by atoms with van der Waals surface area (Å²) in [7, 11) is -8.87. The van der Waals surface area contributed by atoms with Gasteiger partial charge in [-0.05, 0) is 18.2 Å². The molecule has 0 atom stereocenters. The molecule has 0 saturated carbocycles. The third-order valence-electron chi connectivity index (χ3n) is 1.58. The van der Waals surface area contributed by atoms with Crippen molar-refractivity contribution in [2.24, 2.45) is 0 Å². The molecule has 8 nitrogen and oxygen atoms in total. The van der Waals surface area contributed by atoms with Gasteiger partial charge in [-0.3, -0.25) is 0 Å². The Morgan fingerprint density at radius 1 is 0.875 bits per heavy atom. The average molecular weight is 270 g/mol. The summed E-state index contributed by atoms with van der Waals surface area (Å²) >= 11 is 0. The first-order valence-electron chi connectivity index (χ1n) is 3.59. The van der Waals surface area contributed by atoms with Gasteiger partial charge in [0.2, 0.25) is 0 Å². The molecule has 0 saturated heterocycles. The zero-order valence-corrected chi connectivity index (χ0v) is 9.10. The third kappa shape index (κ3) is 2.55. The molecule has 10 heteroatoms. The lowest BCUT2D eigenvalue weighted by atomic mass is 10.4. The number of rotatable bonds is 4. The number of hydrogen-bond acceptors (Lipinski definition) is 8. The second-order valence-electron chi connectivity index (χ2n) is 2.53. The fourth-order valence-corrected chi connectivity index (χ4v) is 2.15. The van der Waals surface area contributed by atoms with Crippen LogP contribution in [0.2, 0.25) is 0 Å². The topological polar surface area (TPSA) is 127 Å². The number of benzene rings is 1. The van der Waals surface area contributed by atoms with Gasteiger partial charge < -0.3 is 0 Å². The first kappa shape index (κ1) is 13.0. The summed E-state index contributed by atoms with van der Waals surface area (Å²) in [6.07, 6.45) is 0. The van der Waals surface area contributed by atoms with Crippen LogP contribution < -0.4 is 0 Å². The molecule has 0 unspecified atom stereocenters. The zero-order chi connectivity index (χ0) is 12.4. The normalized spacial score (nSPS) is 12.6. The summed E-state index contributed by atoms with van der Waals surface area (Å²) in [6.45, 7) is 0. The minimum atomic E-state index is -4.44. The van der Waals surface area contributed by atoms with Crippen molar-refractivity contribution in [3.8, 4) is 0 Å². The SMILES string of the molecule is O=S(=O)(OO)c1cccc(S(=O)(=O)OO)c1. The van der Waals surface area contributed by atoms with Crippen LogP contribution in [0.3, 0.4) is 0 Å². The summed E-state index contributed by atoms with van der Waals surface area (Å²) < 4.78 is 50.4. The molecule has 0 aliphatic heterocycles. The first-order chi connectivity index (χ1) is 7.33. The lowest BCUT2D eigenvalue weighted by Crippen LogP contribution is -2.07. The van der Waals surface area contributed by atoms with Crippen LogP contribution in [0.4, 0.5) is 0 Å². The third-order valence-corrected chi connectivity index (χ3v) is 3.63. The molecule has 0 fully saturated rings. The maximum absolute atomic E-state index is 11.0. The maximum Gasteiger partial charge on any atom is 0.323 e. The molecular weight excluding hydrogens is 264 g/mol. The Labute approximate surface area is 90.8 Å². The van der Waals surface area contributed by atoms with Gasteiger partial charge in [0.05, 0.1) is 9.79 Å². The highest BCUT2D eigenvalue weighted by Gasteiger charge is 2.20. The lowest BCUT2D eigenvalue weighted by Gasteiger charge is -2.02. The van der Waals surface area contributed by atoms with E-state index in [1.165, 1.54) is 0 Å². The molecule has 1 aromatic carbocycles. The molecule has 16 heavy (non-hydrogen) atoms. The van der Waals surface area contributed by atoms with Crippen molar-refractivity contribution in [3.05, 3.63) is 24.3 Å². The largest absolute Gasteiger partial charge is 0.323 e. The van der Waals surface area contributed by atoms with Gasteiger partial charge in [-0.2, -0.15) is 16.8 Å². The van der Waals surface area contributed by atoms with Crippen LogP contribution >= 0.6 is 0 Å². The smallest absolute Gasteiger partial charge is 0.235 e. The standard InChI is InChI=1S/C6H6O8S2/c7-13-15(9,10)5-2-1-3-6(4-5)16(11,12)14-8/h1-4,7-8H. The summed E-state index contributed by atoms with van der Waals surface area (Å²) in [5, 5.41) is 16.2. The van der Waals surface area contributed by atoms with Gasteiger partial charge in [0, 0.05) is 0 Å². The van der Waals surface area contributed by atoms with E-state index in [9.17, 15) is 16.8 Å². The van der Waals surface area contributed by atoms with E-state index in [-0.39, 0.29) is 0 Å². The van der Waals surface area contributed by atoms with E-state index in [1.807, 2.05) is 0 Å². The summed E-state index contributed by atoms with van der Waals surface area (Å²) in [5.74, 6) is 0. The molecule has 90 valence electrons. The molecule has 0 aliphatic rings. The van der Waals surface area contributed by atoms with Crippen LogP contribution in [-0.2, 0) is 28.9 Å². The maximum atomic E-state index is 11.0. The molecule has 0 spiro atoms. The molecule has 2 N–H and O–H groups in total. The Balaban J connectivity index is 3.37. The van der Waals surface area contributed by atoms with E-state index in [1.54, 1.807) is 0 Å². The van der Waals surface area contributed by atoms with Crippen LogP contribution in [-0.4, -0.2) is 27.4 Å². The van der Waals surface area contributed by atoms with Crippen LogP contribution in [0, 0.1) is 0 Å². The van der Waals surface area contributed by atoms with Crippen molar-refractivity contribution in [1.29, 1.82) is 0 Å². The Kier molecular flexibility index (Phi) is 3.62. The second-order valence-corrected chi connectivity index (χ2v) is 5.59. The molecule has 1 aromatic rings. The summed E-state index contributed by atoms with van der Waals surface area (Å²) in [5.41, 5.74) is 0. The van der Waals surface area contributed by atoms with Gasteiger partial charge in [-0.1, -0.05) is 6.07 Å². The van der Waals surface area contributed by atoms with Crippen LogP contribution in [0.5, 0.6) is 0 Å². The Hall–Kier alpha value is -1.04. The molecule has 1 rings (SSSR count). The van der Waals surface area contributed by atoms with E-state index >= 15 is 0 Å². The number of hydrogen-bond donors (Lipinski definition) is 2. The Morgan fingerprint density at radius 3 is 1.56 bits per heavy atom.